The fraction of sp³-hybridized carbons (Fsp3) is 0.286. The first-order valence-electron chi connectivity index (χ1n) is 8.90. The van der Waals surface area contributed by atoms with Gasteiger partial charge in [0.25, 0.3) is 0 Å². The molecule has 1 atom stereocenters. The molecule has 2 aromatic carbocycles. The zero-order valence-electron chi connectivity index (χ0n) is 15.7. The SMILES string of the molecule is CC(C)OC1C(C(=O)O)=C(C(F)(F)F)c2ccccc2N1Cc1cccc(F)c1. The second kappa shape index (κ2) is 7.87. The summed E-state index contributed by atoms with van der Waals surface area (Å²) in [6.45, 7) is 3.18. The first kappa shape index (κ1) is 20.9. The molecule has 0 saturated carbocycles. The largest absolute Gasteiger partial charge is 0.478 e. The fourth-order valence-corrected chi connectivity index (χ4v) is 3.40. The van der Waals surface area contributed by atoms with Crippen LogP contribution in [-0.4, -0.2) is 29.6 Å². The number of hydrogen-bond acceptors (Lipinski definition) is 3. The number of nitrogens with zero attached hydrogens (tertiary/aromatic N) is 1. The molecule has 1 N–H and O–H groups in total. The van der Waals surface area contributed by atoms with E-state index in [2.05, 4.69) is 0 Å². The van der Waals surface area contributed by atoms with Crippen LogP contribution in [0.5, 0.6) is 0 Å². The molecule has 1 aliphatic rings. The van der Waals surface area contributed by atoms with E-state index in [0.717, 1.165) is 0 Å². The van der Waals surface area contributed by atoms with Crippen LogP contribution in [0.25, 0.3) is 5.57 Å². The van der Waals surface area contributed by atoms with Crippen LogP contribution < -0.4 is 4.90 Å². The highest BCUT2D eigenvalue weighted by molar-refractivity contribution is 6.03. The van der Waals surface area contributed by atoms with Crippen LogP contribution >= 0.6 is 0 Å². The number of ether oxygens (including phenoxy) is 1. The van der Waals surface area contributed by atoms with Crippen LogP contribution in [0.15, 0.2) is 54.1 Å². The first-order chi connectivity index (χ1) is 13.6. The van der Waals surface area contributed by atoms with Crippen molar-refractivity contribution in [1.29, 1.82) is 0 Å². The molecule has 4 nitrogen and oxygen atoms in total. The smallest absolute Gasteiger partial charge is 0.417 e. The van der Waals surface area contributed by atoms with Gasteiger partial charge in [-0.05, 0) is 37.6 Å². The maximum atomic E-state index is 13.9. The van der Waals surface area contributed by atoms with Crippen LogP contribution in [0.3, 0.4) is 0 Å². The Labute approximate surface area is 165 Å². The van der Waals surface area contributed by atoms with Gasteiger partial charge in [0.1, 0.15) is 5.82 Å². The lowest BCUT2D eigenvalue weighted by molar-refractivity contribution is -0.135. The Morgan fingerprint density at radius 3 is 2.45 bits per heavy atom. The highest BCUT2D eigenvalue weighted by Crippen LogP contribution is 2.47. The second-order valence-corrected chi connectivity index (χ2v) is 6.90. The molecule has 0 fully saturated rings. The highest BCUT2D eigenvalue weighted by Gasteiger charge is 2.48. The molecule has 154 valence electrons. The Balaban J connectivity index is 2.24. The Kier molecular flexibility index (Phi) is 5.66. The monoisotopic (exact) mass is 409 g/mol. The molecule has 0 amide bonds. The van der Waals surface area contributed by atoms with Crippen LogP contribution in [0, 0.1) is 5.82 Å². The van der Waals surface area contributed by atoms with Gasteiger partial charge in [0, 0.05) is 17.8 Å². The summed E-state index contributed by atoms with van der Waals surface area (Å²) in [5, 5.41) is 9.68. The van der Waals surface area contributed by atoms with Crippen molar-refractivity contribution in [2.24, 2.45) is 0 Å². The third-order valence-electron chi connectivity index (χ3n) is 4.44. The Bertz CT molecular complexity index is 953. The molecule has 0 aliphatic carbocycles. The van der Waals surface area contributed by atoms with Gasteiger partial charge in [-0.2, -0.15) is 13.2 Å². The highest BCUT2D eigenvalue weighted by atomic mass is 19.4. The lowest BCUT2D eigenvalue weighted by Gasteiger charge is -2.41. The molecule has 0 saturated heterocycles. The molecule has 2 aromatic rings. The van der Waals surface area contributed by atoms with Gasteiger partial charge in [0.2, 0.25) is 0 Å². The minimum atomic E-state index is -4.90. The lowest BCUT2D eigenvalue weighted by atomic mass is 9.91. The number of allylic oxidation sites excluding steroid dienone is 1. The first-order valence-corrected chi connectivity index (χ1v) is 8.90. The number of fused-ring (bicyclic) bond motifs is 1. The lowest BCUT2D eigenvalue weighted by Crippen LogP contribution is -2.46. The average molecular weight is 409 g/mol. The number of hydrogen-bond donors (Lipinski definition) is 1. The van der Waals surface area contributed by atoms with Gasteiger partial charge in [0.05, 0.1) is 17.3 Å². The summed E-state index contributed by atoms with van der Waals surface area (Å²) in [6, 6.07) is 11.3. The van der Waals surface area contributed by atoms with Gasteiger partial charge >= 0.3 is 12.1 Å². The molecule has 0 bridgehead atoms. The van der Waals surface area contributed by atoms with E-state index in [4.69, 9.17) is 4.74 Å². The number of rotatable bonds is 5. The van der Waals surface area contributed by atoms with Gasteiger partial charge in [-0.25, -0.2) is 9.18 Å². The summed E-state index contributed by atoms with van der Waals surface area (Å²) < 4.78 is 61.0. The van der Waals surface area contributed by atoms with Crippen molar-refractivity contribution in [3.8, 4) is 0 Å². The maximum absolute atomic E-state index is 13.9. The summed E-state index contributed by atoms with van der Waals surface area (Å²) in [5.41, 5.74) is -1.74. The molecular formula is C21H19F4NO3. The third kappa shape index (κ3) is 4.27. The van der Waals surface area contributed by atoms with Crippen LogP contribution in [-0.2, 0) is 16.1 Å². The van der Waals surface area contributed by atoms with Gasteiger partial charge in [-0.3, -0.25) is 0 Å². The number of halogens is 4. The van der Waals surface area contributed by atoms with Crippen LogP contribution in [0.1, 0.15) is 25.0 Å². The van der Waals surface area contributed by atoms with E-state index in [1.165, 1.54) is 41.3 Å². The number of carbonyl (C=O) groups is 1. The van der Waals surface area contributed by atoms with E-state index >= 15 is 0 Å². The summed E-state index contributed by atoms with van der Waals surface area (Å²) in [4.78, 5) is 13.4. The topological polar surface area (TPSA) is 49.8 Å². The third-order valence-corrected chi connectivity index (χ3v) is 4.44. The van der Waals surface area contributed by atoms with E-state index in [1.807, 2.05) is 0 Å². The van der Waals surface area contributed by atoms with Gasteiger partial charge in [0.15, 0.2) is 6.23 Å². The fourth-order valence-electron chi connectivity index (χ4n) is 3.40. The second-order valence-electron chi connectivity index (χ2n) is 6.90. The summed E-state index contributed by atoms with van der Waals surface area (Å²) in [7, 11) is 0. The Morgan fingerprint density at radius 2 is 1.86 bits per heavy atom. The van der Waals surface area contributed by atoms with E-state index < -0.39 is 41.4 Å². The van der Waals surface area contributed by atoms with Gasteiger partial charge in [-0.15, -0.1) is 0 Å². The number of carboxylic acids is 1. The van der Waals surface area contributed by atoms with Crippen LogP contribution in [0.2, 0.25) is 0 Å². The molecule has 0 aromatic heterocycles. The number of anilines is 1. The Morgan fingerprint density at radius 1 is 1.17 bits per heavy atom. The van der Waals surface area contributed by atoms with E-state index in [0.29, 0.717) is 5.56 Å². The maximum Gasteiger partial charge on any atom is 0.417 e. The van der Waals surface area contributed by atoms with Crippen molar-refractivity contribution in [1.82, 2.24) is 0 Å². The minimum absolute atomic E-state index is 0.0337. The molecule has 0 radical (unpaired) electrons. The van der Waals surface area contributed by atoms with E-state index in [9.17, 15) is 27.5 Å². The number of carboxylic acid groups (broad SMARTS) is 1. The van der Waals surface area contributed by atoms with Crippen LogP contribution in [0.4, 0.5) is 23.2 Å². The van der Waals surface area contributed by atoms with E-state index in [-0.39, 0.29) is 17.8 Å². The summed E-state index contributed by atoms with van der Waals surface area (Å²) in [6.07, 6.45) is -6.95. The van der Waals surface area contributed by atoms with Crippen molar-refractivity contribution in [2.75, 3.05) is 4.90 Å². The normalized spacial score (nSPS) is 16.9. The molecule has 1 unspecified atom stereocenters. The van der Waals surface area contributed by atoms with E-state index in [1.54, 1.807) is 26.0 Å². The molecular weight excluding hydrogens is 390 g/mol. The Hall–Kier alpha value is -2.87. The molecule has 0 spiro atoms. The predicted molar refractivity (Wildman–Crippen MR) is 99.6 cm³/mol. The standard InChI is InChI=1S/C21H19F4NO3/c1-12(2)29-19-17(20(27)28)18(21(23,24)25)15-8-3-4-9-16(15)26(19)11-13-6-5-7-14(22)10-13/h3-10,12,19H,11H2,1-2H3,(H,27,28). The van der Waals surface area contributed by atoms with Crippen molar-refractivity contribution in [3.63, 3.8) is 0 Å². The van der Waals surface area contributed by atoms with Gasteiger partial charge in [-0.1, -0.05) is 30.3 Å². The minimum Gasteiger partial charge on any atom is -0.478 e. The van der Waals surface area contributed by atoms with Crippen molar-refractivity contribution >= 4 is 17.2 Å². The molecule has 1 aliphatic heterocycles. The van der Waals surface area contributed by atoms with Crippen molar-refractivity contribution in [3.05, 3.63) is 71.0 Å². The van der Waals surface area contributed by atoms with Gasteiger partial charge < -0.3 is 14.7 Å². The number of para-hydroxylation sites is 1. The quantitative estimate of drug-likeness (QED) is 0.707. The predicted octanol–water partition coefficient (Wildman–Crippen LogP) is 5.00. The van der Waals surface area contributed by atoms with Crippen molar-refractivity contribution < 1.29 is 32.2 Å². The number of benzene rings is 2. The zero-order valence-corrected chi connectivity index (χ0v) is 15.7. The zero-order chi connectivity index (χ0) is 21.3. The molecule has 8 heteroatoms. The molecule has 1 heterocycles. The molecule has 29 heavy (non-hydrogen) atoms. The number of aliphatic carboxylic acids is 1. The summed E-state index contributed by atoms with van der Waals surface area (Å²) >= 11 is 0. The van der Waals surface area contributed by atoms with Crippen molar-refractivity contribution in [2.45, 2.75) is 38.9 Å². The average Bonchev–Trinajstić information content (AvgIpc) is 2.61. The number of alkyl halides is 3. The summed E-state index contributed by atoms with van der Waals surface area (Å²) in [5.74, 6) is -2.22. The molecule has 3 rings (SSSR count).